The second kappa shape index (κ2) is 4.80. The number of carbonyl (C=O) groups excluding carboxylic acids is 2. The van der Waals surface area contributed by atoms with E-state index in [1.54, 1.807) is 25.1 Å². The van der Waals surface area contributed by atoms with Gasteiger partial charge in [-0.2, -0.15) is 5.10 Å². The predicted molar refractivity (Wildman–Crippen MR) is 78.5 cm³/mol. The number of pyridine rings is 1. The summed E-state index contributed by atoms with van der Waals surface area (Å²) < 4.78 is 0. The maximum Gasteiger partial charge on any atom is 0.262 e. The van der Waals surface area contributed by atoms with Crippen molar-refractivity contribution < 1.29 is 9.59 Å². The highest BCUT2D eigenvalue weighted by Gasteiger charge is 2.40. The van der Waals surface area contributed by atoms with E-state index in [1.165, 1.54) is 4.90 Å². The molecule has 1 aromatic heterocycles. The van der Waals surface area contributed by atoms with Crippen molar-refractivity contribution in [1.29, 1.82) is 0 Å². The Morgan fingerprint density at radius 1 is 1.14 bits per heavy atom. The van der Waals surface area contributed by atoms with E-state index in [0.717, 1.165) is 0 Å². The normalized spacial score (nSPS) is 22.4. The van der Waals surface area contributed by atoms with Crippen LogP contribution >= 0.6 is 0 Å². The van der Waals surface area contributed by atoms with Crippen LogP contribution in [0.5, 0.6) is 0 Å². The smallest absolute Gasteiger partial charge is 0.262 e. The second-order valence-electron chi connectivity index (χ2n) is 5.30. The van der Waals surface area contributed by atoms with Crippen molar-refractivity contribution in [3.63, 3.8) is 0 Å². The summed E-state index contributed by atoms with van der Waals surface area (Å²) in [5.74, 6) is 0.650. The van der Waals surface area contributed by atoms with Crippen LogP contribution in [-0.4, -0.2) is 33.6 Å². The first kappa shape index (κ1) is 13.5. The zero-order valence-electron chi connectivity index (χ0n) is 12.2. The highest BCUT2D eigenvalue weighted by Crippen LogP contribution is 2.27. The van der Waals surface area contributed by atoms with E-state index >= 15 is 0 Å². The summed E-state index contributed by atoms with van der Waals surface area (Å²) in [6.45, 7) is 5.33. The van der Waals surface area contributed by atoms with Gasteiger partial charge in [0, 0.05) is 23.8 Å². The van der Waals surface area contributed by atoms with Gasteiger partial charge in [0.2, 0.25) is 0 Å². The van der Waals surface area contributed by atoms with Crippen LogP contribution in [0.1, 0.15) is 27.2 Å². The van der Waals surface area contributed by atoms with E-state index in [-0.39, 0.29) is 17.9 Å². The summed E-state index contributed by atoms with van der Waals surface area (Å²) in [6, 6.07) is 5.62. The maximum atomic E-state index is 12.2. The first-order valence-electron chi connectivity index (χ1n) is 6.84. The second-order valence-corrected chi connectivity index (χ2v) is 5.30. The molecule has 1 unspecified atom stereocenters. The number of carbonyl (C=O) groups is 2. The molecule has 2 amide bonds. The molecular weight excluding hydrogens is 268 g/mol. The lowest BCUT2D eigenvalue weighted by Gasteiger charge is -2.17. The molecular formula is C15H16N4O2. The molecule has 1 aromatic rings. The zero-order valence-corrected chi connectivity index (χ0v) is 12.2. The summed E-state index contributed by atoms with van der Waals surface area (Å²) in [5, 5.41) is 6.18. The van der Waals surface area contributed by atoms with Crippen molar-refractivity contribution in [2.75, 3.05) is 5.01 Å². The largest absolute Gasteiger partial charge is 0.269 e. The minimum Gasteiger partial charge on any atom is -0.269 e. The van der Waals surface area contributed by atoms with Crippen LogP contribution in [0, 0.1) is 0 Å². The molecule has 6 heteroatoms. The van der Waals surface area contributed by atoms with Crippen molar-refractivity contribution in [2.24, 2.45) is 5.10 Å². The lowest BCUT2D eigenvalue weighted by atomic mass is 10.2. The fourth-order valence-corrected chi connectivity index (χ4v) is 2.50. The van der Waals surface area contributed by atoms with E-state index in [9.17, 15) is 9.59 Å². The number of hydrogen-bond donors (Lipinski definition) is 0. The van der Waals surface area contributed by atoms with Gasteiger partial charge in [0.05, 0.1) is 6.04 Å². The van der Waals surface area contributed by atoms with E-state index < -0.39 is 0 Å². The lowest BCUT2D eigenvalue weighted by Crippen LogP contribution is -2.37. The van der Waals surface area contributed by atoms with E-state index in [2.05, 4.69) is 10.1 Å². The van der Waals surface area contributed by atoms with E-state index in [4.69, 9.17) is 0 Å². The Kier molecular flexibility index (Phi) is 3.08. The van der Waals surface area contributed by atoms with Gasteiger partial charge in [0.1, 0.15) is 11.7 Å². The SMILES string of the molecule is CC1=C(C)C(=O)N(C2=NN(c3ccccn3)C(C)C2)C1=O. The molecule has 108 valence electrons. The summed E-state index contributed by atoms with van der Waals surface area (Å²) >= 11 is 0. The van der Waals surface area contributed by atoms with Crippen LogP contribution < -0.4 is 5.01 Å². The van der Waals surface area contributed by atoms with Crippen LogP contribution in [0.2, 0.25) is 0 Å². The van der Waals surface area contributed by atoms with E-state index in [0.29, 0.717) is 29.2 Å². The van der Waals surface area contributed by atoms with Gasteiger partial charge in [-0.05, 0) is 32.9 Å². The Morgan fingerprint density at radius 3 is 2.38 bits per heavy atom. The fraction of sp³-hybridized carbons (Fsp3) is 0.333. The standard InChI is InChI=1S/C15H16N4O2/c1-9-8-13(17-19(9)12-6-4-5-7-16-12)18-14(20)10(2)11(3)15(18)21/h4-7,9H,8H2,1-3H3. The van der Waals surface area contributed by atoms with Crippen molar-refractivity contribution in [1.82, 2.24) is 9.88 Å². The number of amides is 2. The van der Waals surface area contributed by atoms with Crippen LogP contribution in [0.3, 0.4) is 0 Å². The molecule has 0 bridgehead atoms. The molecule has 2 aliphatic heterocycles. The van der Waals surface area contributed by atoms with Gasteiger partial charge in [-0.3, -0.25) is 9.59 Å². The molecule has 0 saturated carbocycles. The Morgan fingerprint density at radius 2 is 1.81 bits per heavy atom. The van der Waals surface area contributed by atoms with Gasteiger partial charge in [-0.25, -0.2) is 14.9 Å². The summed E-state index contributed by atoms with van der Waals surface area (Å²) in [7, 11) is 0. The molecule has 21 heavy (non-hydrogen) atoms. The molecule has 6 nitrogen and oxygen atoms in total. The van der Waals surface area contributed by atoms with Gasteiger partial charge in [-0.1, -0.05) is 6.07 Å². The zero-order chi connectivity index (χ0) is 15.1. The Bertz CT molecular complexity index is 654. The molecule has 0 aromatic carbocycles. The Balaban J connectivity index is 1.92. The van der Waals surface area contributed by atoms with Gasteiger partial charge in [0.25, 0.3) is 11.8 Å². The van der Waals surface area contributed by atoms with Crippen molar-refractivity contribution in [2.45, 2.75) is 33.2 Å². The third kappa shape index (κ3) is 2.03. The van der Waals surface area contributed by atoms with E-state index in [1.807, 2.05) is 25.1 Å². The monoisotopic (exact) mass is 284 g/mol. The molecule has 0 radical (unpaired) electrons. The molecule has 3 heterocycles. The number of rotatable bonds is 1. The van der Waals surface area contributed by atoms with Crippen molar-refractivity contribution in [3.8, 4) is 0 Å². The first-order chi connectivity index (χ1) is 10.0. The first-order valence-corrected chi connectivity index (χ1v) is 6.84. The summed E-state index contributed by atoms with van der Waals surface area (Å²) in [6.07, 6.45) is 2.23. The third-order valence-electron chi connectivity index (χ3n) is 3.87. The molecule has 0 saturated heterocycles. The molecule has 2 aliphatic rings. The van der Waals surface area contributed by atoms with Crippen LogP contribution in [0.4, 0.5) is 5.82 Å². The maximum absolute atomic E-state index is 12.2. The lowest BCUT2D eigenvalue weighted by molar-refractivity contribution is -0.132. The summed E-state index contributed by atoms with van der Waals surface area (Å²) in [5.41, 5.74) is 0.985. The number of hydrazone groups is 1. The number of amidine groups is 1. The number of aromatic nitrogens is 1. The minimum atomic E-state index is -0.272. The summed E-state index contributed by atoms with van der Waals surface area (Å²) in [4.78, 5) is 29.8. The Labute approximate surface area is 122 Å². The highest BCUT2D eigenvalue weighted by molar-refractivity contribution is 6.28. The van der Waals surface area contributed by atoms with Crippen LogP contribution in [0.15, 0.2) is 40.6 Å². The van der Waals surface area contributed by atoms with Gasteiger partial charge < -0.3 is 0 Å². The molecule has 0 spiro atoms. The average Bonchev–Trinajstić information content (AvgIpc) is 2.95. The van der Waals surface area contributed by atoms with Crippen molar-refractivity contribution in [3.05, 3.63) is 35.5 Å². The quantitative estimate of drug-likeness (QED) is 0.736. The number of hydrogen-bond acceptors (Lipinski definition) is 5. The fourth-order valence-electron chi connectivity index (χ4n) is 2.50. The van der Waals surface area contributed by atoms with Crippen LogP contribution in [-0.2, 0) is 9.59 Å². The third-order valence-corrected chi connectivity index (χ3v) is 3.87. The molecule has 0 aliphatic carbocycles. The van der Waals surface area contributed by atoms with Gasteiger partial charge in [0.15, 0.2) is 0 Å². The minimum absolute atomic E-state index is 0.0525. The number of imide groups is 1. The highest BCUT2D eigenvalue weighted by atomic mass is 16.2. The number of nitrogens with zero attached hydrogens (tertiary/aromatic N) is 4. The average molecular weight is 284 g/mol. The topological polar surface area (TPSA) is 65.9 Å². The molecule has 0 fully saturated rings. The molecule has 0 N–H and O–H groups in total. The molecule has 3 rings (SSSR count). The number of anilines is 1. The van der Waals surface area contributed by atoms with Crippen LogP contribution in [0.25, 0.3) is 0 Å². The van der Waals surface area contributed by atoms with Gasteiger partial charge >= 0.3 is 0 Å². The van der Waals surface area contributed by atoms with Crippen molar-refractivity contribution >= 4 is 23.5 Å². The van der Waals surface area contributed by atoms with Gasteiger partial charge in [-0.15, -0.1) is 0 Å². The molecule has 1 atom stereocenters. The predicted octanol–water partition coefficient (Wildman–Crippen LogP) is 1.70. The Hall–Kier alpha value is -2.50.